The average molecular weight is 401 g/mol. The Kier molecular flexibility index (Phi) is 8.59. The molecule has 1 N–H and O–H groups in total. The number of hydrogen-bond acceptors (Lipinski definition) is 5. The van der Waals surface area contributed by atoms with Crippen LogP contribution in [0.5, 0.6) is 17.2 Å². The van der Waals surface area contributed by atoms with Crippen molar-refractivity contribution in [1.29, 1.82) is 0 Å². The van der Waals surface area contributed by atoms with E-state index in [0.29, 0.717) is 13.2 Å². The molecule has 28 heavy (non-hydrogen) atoms. The molecule has 1 heterocycles. The van der Waals surface area contributed by atoms with Gasteiger partial charge in [-0.1, -0.05) is 12.1 Å². The molecule has 0 spiro atoms. The molecule has 0 aliphatic carbocycles. The first-order valence-corrected chi connectivity index (χ1v) is 8.81. The summed E-state index contributed by atoms with van der Waals surface area (Å²) in [5.41, 5.74) is 3.35. The number of rotatable bonds is 9. The first-order valence-electron chi connectivity index (χ1n) is 8.81. The van der Waals surface area contributed by atoms with E-state index in [-0.39, 0.29) is 12.4 Å². The van der Waals surface area contributed by atoms with Gasteiger partial charge >= 0.3 is 0 Å². The minimum absolute atomic E-state index is 0. The molecule has 3 rings (SSSR count). The van der Waals surface area contributed by atoms with E-state index in [1.807, 2.05) is 42.5 Å². The topological polar surface area (TPSA) is 52.6 Å². The van der Waals surface area contributed by atoms with Crippen molar-refractivity contribution in [3.8, 4) is 17.2 Å². The molecule has 1 aromatic heterocycles. The Morgan fingerprint density at radius 1 is 0.786 bits per heavy atom. The summed E-state index contributed by atoms with van der Waals surface area (Å²) in [6.45, 7) is 1.99. The Balaban J connectivity index is 0.00000280. The Morgan fingerprint density at radius 3 is 2.18 bits per heavy atom. The average Bonchev–Trinajstić information content (AvgIpc) is 2.74. The summed E-state index contributed by atoms with van der Waals surface area (Å²) >= 11 is 0. The SMILES string of the molecule is COc1ccc(OC)c(CNCc2ccc(OCc3ccncc3)cc2)c1.Cl. The predicted molar refractivity (Wildman–Crippen MR) is 112 cm³/mol. The van der Waals surface area contributed by atoms with Crippen molar-refractivity contribution < 1.29 is 14.2 Å². The Hall–Kier alpha value is -2.76. The highest BCUT2D eigenvalue weighted by atomic mass is 35.5. The van der Waals surface area contributed by atoms with E-state index in [4.69, 9.17) is 14.2 Å². The summed E-state index contributed by atoms with van der Waals surface area (Å²) in [5.74, 6) is 2.52. The number of nitrogens with zero attached hydrogens (tertiary/aromatic N) is 1. The van der Waals surface area contributed by atoms with Gasteiger partial charge in [-0.3, -0.25) is 4.98 Å². The molecular formula is C22H25ClN2O3. The highest BCUT2D eigenvalue weighted by Gasteiger charge is 2.05. The first-order chi connectivity index (χ1) is 13.3. The monoisotopic (exact) mass is 400 g/mol. The highest BCUT2D eigenvalue weighted by molar-refractivity contribution is 5.85. The third-order valence-corrected chi connectivity index (χ3v) is 4.21. The second-order valence-electron chi connectivity index (χ2n) is 6.07. The van der Waals surface area contributed by atoms with Gasteiger partial charge in [0.2, 0.25) is 0 Å². The van der Waals surface area contributed by atoms with Crippen molar-refractivity contribution in [2.75, 3.05) is 14.2 Å². The van der Waals surface area contributed by atoms with Crippen LogP contribution in [0.2, 0.25) is 0 Å². The Labute approximate surface area is 172 Å². The number of methoxy groups -OCH3 is 2. The number of pyridine rings is 1. The van der Waals surface area contributed by atoms with Crippen molar-refractivity contribution in [1.82, 2.24) is 10.3 Å². The van der Waals surface area contributed by atoms with Gasteiger partial charge in [0, 0.05) is 31.0 Å². The van der Waals surface area contributed by atoms with E-state index in [0.717, 1.165) is 34.9 Å². The Bertz CT molecular complexity index is 842. The van der Waals surface area contributed by atoms with Crippen LogP contribution in [0.3, 0.4) is 0 Å². The molecule has 3 aromatic rings. The molecule has 0 saturated heterocycles. The molecule has 0 aliphatic heterocycles. The highest BCUT2D eigenvalue weighted by Crippen LogP contribution is 2.24. The standard InChI is InChI=1S/C22H24N2O3.ClH/c1-25-21-7-8-22(26-2)19(13-21)15-24-14-17-3-5-20(6-4-17)27-16-18-9-11-23-12-10-18;/h3-13,24H,14-16H2,1-2H3;1H. The zero-order chi connectivity index (χ0) is 18.9. The maximum absolute atomic E-state index is 5.80. The van der Waals surface area contributed by atoms with Crippen LogP contribution >= 0.6 is 12.4 Å². The number of hydrogen-bond donors (Lipinski definition) is 1. The summed E-state index contributed by atoms with van der Waals surface area (Å²) < 4.78 is 16.5. The summed E-state index contributed by atoms with van der Waals surface area (Å²) in [6.07, 6.45) is 3.54. The number of aromatic nitrogens is 1. The third-order valence-electron chi connectivity index (χ3n) is 4.21. The van der Waals surface area contributed by atoms with E-state index < -0.39 is 0 Å². The van der Waals surface area contributed by atoms with Crippen LogP contribution in [-0.2, 0) is 19.7 Å². The van der Waals surface area contributed by atoms with Gasteiger partial charge in [-0.05, 0) is 53.6 Å². The Morgan fingerprint density at radius 2 is 1.50 bits per heavy atom. The molecule has 0 fully saturated rings. The van der Waals surface area contributed by atoms with Gasteiger partial charge in [0.15, 0.2) is 0 Å². The van der Waals surface area contributed by atoms with Crippen LogP contribution in [0, 0.1) is 0 Å². The van der Waals surface area contributed by atoms with Gasteiger partial charge in [0.05, 0.1) is 14.2 Å². The van der Waals surface area contributed by atoms with Crippen molar-refractivity contribution in [2.24, 2.45) is 0 Å². The van der Waals surface area contributed by atoms with Crippen molar-refractivity contribution in [3.05, 3.63) is 83.7 Å². The van der Waals surface area contributed by atoms with E-state index in [9.17, 15) is 0 Å². The van der Waals surface area contributed by atoms with Crippen molar-refractivity contribution >= 4 is 12.4 Å². The molecule has 0 unspecified atom stereocenters. The molecule has 0 saturated carbocycles. The van der Waals surface area contributed by atoms with Gasteiger partial charge in [0.25, 0.3) is 0 Å². The smallest absolute Gasteiger partial charge is 0.123 e. The van der Waals surface area contributed by atoms with E-state index in [1.54, 1.807) is 26.6 Å². The molecular weight excluding hydrogens is 376 g/mol. The van der Waals surface area contributed by atoms with Crippen LogP contribution < -0.4 is 19.5 Å². The molecule has 6 heteroatoms. The predicted octanol–water partition coefficient (Wildman–Crippen LogP) is 4.39. The maximum atomic E-state index is 5.80. The van der Waals surface area contributed by atoms with Gasteiger partial charge < -0.3 is 19.5 Å². The van der Waals surface area contributed by atoms with Crippen LogP contribution in [0.4, 0.5) is 0 Å². The molecule has 0 aliphatic rings. The molecule has 148 valence electrons. The van der Waals surface area contributed by atoms with E-state index >= 15 is 0 Å². The summed E-state index contributed by atoms with van der Waals surface area (Å²) in [6, 6.07) is 17.8. The fraction of sp³-hybridized carbons (Fsp3) is 0.227. The second-order valence-corrected chi connectivity index (χ2v) is 6.07. The summed E-state index contributed by atoms with van der Waals surface area (Å²) in [4.78, 5) is 4.01. The van der Waals surface area contributed by atoms with Gasteiger partial charge in [-0.25, -0.2) is 0 Å². The van der Waals surface area contributed by atoms with Crippen molar-refractivity contribution in [3.63, 3.8) is 0 Å². The second kappa shape index (κ2) is 11.2. The molecule has 0 atom stereocenters. The van der Waals surface area contributed by atoms with Crippen molar-refractivity contribution in [2.45, 2.75) is 19.7 Å². The minimum atomic E-state index is 0. The van der Waals surface area contributed by atoms with E-state index in [1.165, 1.54) is 5.56 Å². The van der Waals surface area contributed by atoms with Crippen LogP contribution in [0.1, 0.15) is 16.7 Å². The molecule has 0 radical (unpaired) electrons. The van der Waals surface area contributed by atoms with Crippen LogP contribution in [-0.4, -0.2) is 19.2 Å². The number of ether oxygens (including phenoxy) is 3. The normalized spacial score (nSPS) is 10.1. The minimum Gasteiger partial charge on any atom is -0.497 e. The fourth-order valence-electron chi connectivity index (χ4n) is 2.71. The van der Waals surface area contributed by atoms with Crippen LogP contribution in [0.25, 0.3) is 0 Å². The summed E-state index contributed by atoms with van der Waals surface area (Å²) in [5, 5.41) is 3.44. The lowest BCUT2D eigenvalue weighted by molar-refractivity contribution is 0.306. The number of halogens is 1. The zero-order valence-corrected chi connectivity index (χ0v) is 16.9. The lowest BCUT2D eigenvalue weighted by Gasteiger charge is -2.12. The number of benzene rings is 2. The number of nitrogens with one attached hydrogen (secondary N) is 1. The zero-order valence-electron chi connectivity index (χ0n) is 16.1. The van der Waals surface area contributed by atoms with Gasteiger partial charge in [0.1, 0.15) is 23.9 Å². The molecule has 0 bridgehead atoms. The van der Waals surface area contributed by atoms with Gasteiger partial charge in [-0.15, -0.1) is 12.4 Å². The first kappa shape index (κ1) is 21.5. The molecule has 2 aromatic carbocycles. The largest absolute Gasteiger partial charge is 0.497 e. The molecule has 5 nitrogen and oxygen atoms in total. The third kappa shape index (κ3) is 6.15. The fourth-order valence-corrected chi connectivity index (χ4v) is 2.71. The van der Waals surface area contributed by atoms with Crippen LogP contribution in [0.15, 0.2) is 67.0 Å². The van der Waals surface area contributed by atoms with Gasteiger partial charge in [-0.2, -0.15) is 0 Å². The summed E-state index contributed by atoms with van der Waals surface area (Å²) in [7, 11) is 3.34. The quantitative estimate of drug-likeness (QED) is 0.577. The molecule has 0 amide bonds. The lowest BCUT2D eigenvalue weighted by atomic mass is 10.1. The maximum Gasteiger partial charge on any atom is 0.123 e. The van der Waals surface area contributed by atoms with E-state index in [2.05, 4.69) is 22.4 Å². The lowest BCUT2D eigenvalue weighted by Crippen LogP contribution is -2.13.